The highest BCUT2D eigenvalue weighted by atomic mass is 32.2. The molecule has 4 nitrogen and oxygen atoms in total. The summed E-state index contributed by atoms with van der Waals surface area (Å²) in [7, 11) is -1.40. The lowest BCUT2D eigenvalue weighted by molar-refractivity contribution is 0.357. The lowest BCUT2D eigenvalue weighted by Gasteiger charge is -2.21. The molecule has 0 heterocycles. The van der Waals surface area contributed by atoms with E-state index in [1.54, 1.807) is 14.0 Å². The van der Waals surface area contributed by atoms with Gasteiger partial charge in [0, 0.05) is 13.1 Å². The highest BCUT2D eigenvalue weighted by Crippen LogP contribution is 2.51. The maximum absolute atomic E-state index is 11.9. The fourth-order valence-corrected chi connectivity index (χ4v) is 3.06. The molecule has 0 saturated heterocycles. The van der Waals surface area contributed by atoms with Crippen LogP contribution in [0.3, 0.4) is 0 Å². The summed E-state index contributed by atoms with van der Waals surface area (Å²) in [4.78, 5) is 0. The predicted octanol–water partition coefficient (Wildman–Crippen LogP) is 0.950. The van der Waals surface area contributed by atoms with Gasteiger partial charge in [0.1, 0.15) is 0 Å². The van der Waals surface area contributed by atoms with Gasteiger partial charge in [-0.3, -0.25) is 0 Å². The van der Waals surface area contributed by atoms with Gasteiger partial charge in [0.2, 0.25) is 10.0 Å². The minimum absolute atomic E-state index is 0.229. The van der Waals surface area contributed by atoms with Crippen molar-refractivity contribution < 1.29 is 8.42 Å². The summed E-state index contributed by atoms with van der Waals surface area (Å²) in [5, 5.41) is 2.52. The fraction of sp³-hybridized carbons (Fsp3) is 1.00. The number of rotatable bonds is 7. The summed E-state index contributed by atoms with van der Waals surface area (Å²) in [6.07, 6.45) is 2.29. The Morgan fingerprint density at radius 2 is 1.81 bits per heavy atom. The molecular formula is C11H24N2O2S. The van der Waals surface area contributed by atoms with Crippen LogP contribution in [-0.4, -0.2) is 33.8 Å². The van der Waals surface area contributed by atoms with Crippen molar-refractivity contribution in [1.29, 1.82) is 0 Å². The van der Waals surface area contributed by atoms with Gasteiger partial charge in [-0.05, 0) is 38.1 Å². The Hall–Kier alpha value is -0.130. The topological polar surface area (TPSA) is 58.2 Å². The van der Waals surface area contributed by atoms with Gasteiger partial charge in [0.25, 0.3) is 0 Å². The number of sulfonamides is 1. The summed E-state index contributed by atoms with van der Waals surface area (Å²) in [6, 6.07) is 0. The molecule has 0 bridgehead atoms. The van der Waals surface area contributed by atoms with Gasteiger partial charge in [0.05, 0.1) is 5.25 Å². The van der Waals surface area contributed by atoms with Crippen LogP contribution in [0.25, 0.3) is 0 Å². The van der Waals surface area contributed by atoms with Crippen LogP contribution >= 0.6 is 0 Å². The second-order valence-electron chi connectivity index (χ2n) is 5.25. The van der Waals surface area contributed by atoms with Gasteiger partial charge >= 0.3 is 0 Å². The molecule has 1 unspecified atom stereocenters. The van der Waals surface area contributed by atoms with Gasteiger partial charge < -0.3 is 5.32 Å². The summed E-state index contributed by atoms with van der Waals surface area (Å²) in [5.41, 5.74) is 0.229. The molecule has 1 fully saturated rings. The molecule has 16 heavy (non-hydrogen) atoms. The highest BCUT2D eigenvalue weighted by Gasteiger charge is 2.45. The van der Waals surface area contributed by atoms with Crippen LogP contribution in [0.5, 0.6) is 0 Å². The average molecular weight is 248 g/mol. The Kier molecular flexibility index (Phi) is 4.37. The monoisotopic (exact) mass is 248 g/mol. The maximum atomic E-state index is 11.9. The van der Waals surface area contributed by atoms with E-state index in [1.807, 2.05) is 0 Å². The third kappa shape index (κ3) is 3.18. The molecule has 1 aliphatic carbocycles. The first kappa shape index (κ1) is 13.9. The smallest absolute Gasteiger partial charge is 0.215 e. The lowest BCUT2D eigenvalue weighted by atomic mass is 9.93. The van der Waals surface area contributed by atoms with Crippen LogP contribution in [-0.2, 0) is 10.0 Å². The van der Waals surface area contributed by atoms with Crippen molar-refractivity contribution in [3.63, 3.8) is 0 Å². The van der Waals surface area contributed by atoms with Gasteiger partial charge in [-0.1, -0.05) is 13.8 Å². The number of hydrogen-bond acceptors (Lipinski definition) is 3. The Morgan fingerprint density at radius 3 is 2.19 bits per heavy atom. The first-order valence-corrected chi connectivity index (χ1v) is 7.52. The molecule has 0 radical (unpaired) electrons. The molecule has 2 N–H and O–H groups in total. The SMILES string of the molecule is CNCC(C)S(=O)(=O)NCC1(C(C)C)CC1. The van der Waals surface area contributed by atoms with E-state index in [-0.39, 0.29) is 10.7 Å². The van der Waals surface area contributed by atoms with Crippen molar-refractivity contribution in [2.75, 3.05) is 20.1 Å². The fourth-order valence-electron chi connectivity index (χ4n) is 1.90. The van der Waals surface area contributed by atoms with E-state index in [0.717, 1.165) is 12.8 Å². The summed E-state index contributed by atoms with van der Waals surface area (Å²) >= 11 is 0. The van der Waals surface area contributed by atoms with E-state index in [2.05, 4.69) is 23.9 Å². The van der Waals surface area contributed by atoms with Crippen molar-refractivity contribution in [3.05, 3.63) is 0 Å². The average Bonchev–Trinajstić information content (AvgIpc) is 2.96. The standard InChI is InChI=1S/C11H24N2O2S/c1-9(2)11(5-6-11)8-13-16(14,15)10(3)7-12-4/h9-10,12-13H,5-8H2,1-4H3. The zero-order valence-electron chi connectivity index (χ0n) is 10.7. The molecule has 0 amide bonds. The molecule has 5 heteroatoms. The molecule has 0 aromatic rings. The van der Waals surface area contributed by atoms with E-state index < -0.39 is 10.0 Å². The van der Waals surface area contributed by atoms with Crippen molar-refractivity contribution in [3.8, 4) is 0 Å². The maximum Gasteiger partial charge on any atom is 0.215 e. The molecule has 96 valence electrons. The van der Waals surface area contributed by atoms with Crippen LogP contribution in [0.15, 0.2) is 0 Å². The lowest BCUT2D eigenvalue weighted by Crippen LogP contribution is -2.41. The van der Waals surface area contributed by atoms with Crippen LogP contribution in [0.4, 0.5) is 0 Å². The molecule has 1 aliphatic rings. The van der Waals surface area contributed by atoms with Crippen LogP contribution in [0.2, 0.25) is 0 Å². The highest BCUT2D eigenvalue weighted by molar-refractivity contribution is 7.90. The first-order valence-electron chi connectivity index (χ1n) is 5.97. The van der Waals surface area contributed by atoms with Crippen LogP contribution in [0.1, 0.15) is 33.6 Å². The Balaban J connectivity index is 2.48. The zero-order chi connectivity index (χ0) is 12.4. The van der Waals surface area contributed by atoms with Crippen molar-refractivity contribution in [1.82, 2.24) is 10.0 Å². The van der Waals surface area contributed by atoms with E-state index in [4.69, 9.17) is 0 Å². The van der Waals surface area contributed by atoms with E-state index >= 15 is 0 Å². The minimum Gasteiger partial charge on any atom is -0.318 e. The predicted molar refractivity (Wildman–Crippen MR) is 66.8 cm³/mol. The normalized spacial score (nSPS) is 21.1. The molecule has 0 aromatic heterocycles. The summed E-state index contributed by atoms with van der Waals surface area (Å²) in [5.74, 6) is 0.551. The second-order valence-corrected chi connectivity index (χ2v) is 7.43. The molecule has 0 aliphatic heterocycles. The quantitative estimate of drug-likeness (QED) is 0.705. The first-order chi connectivity index (χ1) is 7.34. The summed E-state index contributed by atoms with van der Waals surface area (Å²) in [6.45, 7) is 7.15. The van der Waals surface area contributed by atoms with Gasteiger partial charge in [-0.25, -0.2) is 13.1 Å². The van der Waals surface area contributed by atoms with E-state index in [9.17, 15) is 8.42 Å². The Bertz CT molecular complexity index is 321. The Morgan fingerprint density at radius 1 is 1.25 bits per heavy atom. The van der Waals surface area contributed by atoms with Crippen LogP contribution < -0.4 is 10.0 Å². The van der Waals surface area contributed by atoms with Gasteiger partial charge in [-0.15, -0.1) is 0 Å². The largest absolute Gasteiger partial charge is 0.318 e. The molecule has 0 aromatic carbocycles. The molecule has 1 saturated carbocycles. The number of hydrogen-bond donors (Lipinski definition) is 2. The van der Waals surface area contributed by atoms with Gasteiger partial charge in [0.15, 0.2) is 0 Å². The van der Waals surface area contributed by atoms with E-state index in [1.165, 1.54) is 0 Å². The zero-order valence-corrected chi connectivity index (χ0v) is 11.5. The third-order valence-electron chi connectivity index (χ3n) is 3.76. The van der Waals surface area contributed by atoms with Crippen molar-refractivity contribution >= 4 is 10.0 Å². The molecule has 0 spiro atoms. The van der Waals surface area contributed by atoms with Crippen LogP contribution in [0, 0.1) is 11.3 Å². The third-order valence-corrected chi connectivity index (χ3v) is 5.54. The Labute approximate surface area is 99.2 Å². The van der Waals surface area contributed by atoms with Gasteiger partial charge in [-0.2, -0.15) is 0 Å². The van der Waals surface area contributed by atoms with E-state index in [0.29, 0.717) is 19.0 Å². The molecule has 1 atom stereocenters. The van der Waals surface area contributed by atoms with Crippen molar-refractivity contribution in [2.45, 2.75) is 38.9 Å². The minimum atomic E-state index is -3.16. The molecule has 1 rings (SSSR count). The van der Waals surface area contributed by atoms with Crippen molar-refractivity contribution in [2.24, 2.45) is 11.3 Å². The second kappa shape index (κ2) is 5.02. The summed E-state index contributed by atoms with van der Waals surface area (Å²) < 4.78 is 26.5. The number of nitrogens with one attached hydrogen (secondary N) is 2. The molecular weight excluding hydrogens is 224 g/mol.